The molecule has 0 saturated heterocycles. The Bertz CT molecular complexity index is 724. The van der Waals surface area contributed by atoms with Gasteiger partial charge in [0, 0.05) is 27.2 Å². The minimum atomic E-state index is -4.71. The van der Waals surface area contributed by atoms with Crippen molar-refractivity contribution in [2.75, 3.05) is 5.75 Å². The molecule has 1 atom stereocenters. The van der Waals surface area contributed by atoms with Crippen LogP contribution in [0.15, 0.2) is 28.8 Å². The monoisotopic (exact) mass is 346 g/mol. The van der Waals surface area contributed by atoms with Crippen LogP contribution in [0.3, 0.4) is 0 Å². The van der Waals surface area contributed by atoms with Gasteiger partial charge >= 0.3 is 12.1 Å². The molecule has 0 aliphatic heterocycles. The maximum atomic E-state index is 12.4. The molecule has 9 heteroatoms. The summed E-state index contributed by atoms with van der Waals surface area (Å²) < 4.78 is 53.0. The fraction of sp³-hybridized carbons (Fsp3) is 0.357. The number of alkyl halides is 3. The molecule has 0 fully saturated rings. The van der Waals surface area contributed by atoms with Gasteiger partial charge in [0.1, 0.15) is 0 Å². The van der Waals surface area contributed by atoms with Gasteiger partial charge in [0.05, 0.1) is 5.75 Å². The number of hydrogen-bond acceptors (Lipinski definition) is 5. The largest absolute Gasteiger partial charge is 0.471 e. The number of ketones is 1. The number of nitrogens with zero attached hydrogens (tertiary/aromatic N) is 2. The molecule has 0 saturated carbocycles. The molecule has 0 aliphatic rings. The first kappa shape index (κ1) is 17.3. The summed E-state index contributed by atoms with van der Waals surface area (Å²) in [6.07, 6.45) is -4.71. The molecule has 0 bridgehead atoms. The molecule has 1 aromatic carbocycles. The summed E-state index contributed by atoms with van der Waals surface area (Å²) in [4.78, 5) is 15.2. The van der Waals surface area contributed by atoms with Crippen molar-refractivity contribution < 1.29 is 26.7 Å². The summed E-state index contributed by atoms with van der Waals surface area (Å²) in [7, 11) is -1.26. The van der Waals surface area contributed by atoms with Crippen LogP contribution in [0, 0.1) is 0 Å². The Kier molecular flexibility index (Phi) is 4.98. The Morgan fingerprint density at radius 1 is 1.26 bits per heavy atom. The molecular formula is C14H13F3N2O3S. The molecule has 5 nitrogen and oxygen atoms in total. The van der Waals surface area contributed by atoms with Crippen LogP contribution in [-0.4, -0.2) is 31.1 Å². The molecule has 0 radical (unpaired) electrons. The van der Waals surface area contributed by atoms with Crippen LogP contribution in [0.2, 0.25) is 0 Å². The van der Waals surface area contributed by atoms with Gasteiger partial charge in [-0.2, -0.15) is 18.2 Å². The number of benzene rings is 1. The van der Waals surface area contributed by atoms with Crippen molar-refractivity contribution in [3.63, 3.8) is 0 Å². The number of carbonyl (C=O) groups is 1. The zero-order valence-electron chi connectivity index (χ0n) is 12.3. The predicted molar refractivity (Wildman–Crippen MR) is 77.2 cm³/mol. The Morgan fingerprint density at radius 3 is 2.35 bits per heavy atom. The highest BCUT2D eigenvalue weighted by Gasteiger charge is 2.38. The first-order chi connectivity index (χ1) is 10.7. The molecule has 0 spiro atoms. The van der Waals surface area contributed by atoms with Crippen molar-refractivity contribution in [3.8, 4) is 11.4 Å². The maximum Gasteiger partial charge on any atom is 0.471 e. The second-order valence-electron chi connectivity index (χ2n) is 5.00. The third-order valence-corrected chi connectivity index (χ3v) is 4.53. The molecule has 23 heavy (non-hydrogen) atoms. The highest BCUT2D eigenvalue weighted by Crippen LogP contribution is 2.29. The van der Waals surface area contributed by atoms with Gasteiger partial charge in [-0.3, -0.25) is 9.00 Å². The van der Waals surface area contributed by atoms with E-state index in [2.05, 4.69) is 14.7 Å². The van der Waals surface area contributed by atoms with Crippen LogP contribution in [0.25, 0.3) is 11.4 Å². The van der Waals surface area contributed by atoms with Gasteiger partial charge in [0.25, 0.3) is 0 Å². The number of Topliss-reactive ketones (excluding diaryl/α,β-unsaturated/α-hetero) is 1. The number of aromatic nitrogens is 2. The lowest BCUT2D eigenvalue weighted by atomic mass is 10.1. The predicted octanol–water partition coefficient (Wildman–Crippen LogP) is 3.10. The number of halogens is 3. The fourth-order valence-corrected chi connectivity index (χ4v) is 2.40. The van der Waals surface area contributed by atoms with E-state index in [1.807, 2.05) is 0 Å². The Hall–Kier alpha value is -2.03. The Balaban J connectivity index is 2.15. The molecule has 2 rings (SSSR count). The number of carbonyl (C=O) groups excluding carboxylic acids is 1. The molecule has 124 valence electrons. The molecule has 2 aromatic rings. The van der Waals surface area contributed by atoms with Gasteiger partial charge in [0.15, 0.2) is 5.78 Å². The molecule has 1 unspecified atom stereocenters. The van der Waals surface area contributed by atoms with Crippen LogP contribution in [0.4, 0.5) is 13.2 Å². The van der Waals surface area contributed by atoms with Crippen molar-refractivity contribution in [2.45, 2.75) is 25.3 Å². The third kappa shape index (κ3) is 4.25. The average molecular weight is 346 g/mol. The minimum absolute atomic E-state index is 0.0998. The summed E-state index contributed by atoms with van der Waals surface area (Å²) >= 11 is 0. The van der Waals surface area contributed by atoms with Crippen LogP contribution in [0.5, 0.6) is 0 Å². The normalized spacial score (nSPS) is 13.3. The second-order valence-corrected chi connectivity index (χ2v) is 6.99. The smallest absolute Gasteiger partial charge is 0.329 e. The highest BCUT2D eigenvalue weighted by atomic mass is 32.2. The Labute approximate surface area is 132 Å². The van der Waals surface area contributed by atoms with E-state index in [-0.39, 0.29) is 28.2 Å². The first-order valence-electron chi connectivity index (χ1n) is 6.60. The van der Waals surface area contributed by atoms with Gasteiger partial charge in [-0.25, -0.2) is 0 Å². The van der Waals surface area contributed by atoms with Gasteiger partial charge in [-0.1, -0.05) is 43.3 Å². The standard InChI is InChI=1S/C14H13F3N2O3S/c1-8(2)23(21)7-11(20)9-3-5-10(6-4-9)12-18-13(22-19-12)14(15,16)17/h3-6,8H,7H2,1-2H3. The van der Waals surface area contributed by atoms with Crippen molar-refractivity contribution >= 4 is 16.6 Å². The molecular weight excluding hydrogens is 333 g/mol. The fourth-order valence-electron chi connectivity index (χ4n) is 1.64. The van der Waals surface area contributed by atoms with E-state index < -0.39 is 22.9 Å². The van der Waals surface area contributed by atoms with Gasteiger partial charge < -0.3 is 4.52 Å². The SMILES string of the molecule is CC(C)S(=O)CC(=O)c1ccc(-c2noc(C(F)(F)F)n2)cc1. The van der Waals surface area contributed by atoms with Crippen molar-refractivity contribution in [1.82, 2.24) is 10.1 Å². The van der Waals surface area contributed by atoms with Gasteiger partial charge in [-0.15, -0.1) is 0 Å². The van der Waals surface area contributed by atoms with E-state index in [9.17, 15) is 22.2 Å². The van der Waals surface area contributed by atoms with Crippen LogP contribution in [-0.2, 0) is 17.0 Å². The van der Waals surface area contributed by atoms with Crippen LogP contribution < -0.4 is 0 Å². The lowest BCUT2D eigenvalue weighted by Crippen LogP contribution is -2.17. The quantitative estimate of drug-likeness (QED) is 0.778. The third-order valence-electron chi connectivity index (χ3n) is 2.93. The Morgan fingerprint density at radius 2 is 1.87 bits per heavy atom. The van der Waals surface area contributed by atoms with Crippen molar-refractivity contribution in [3.05, 3.63) is 35.7 Å². The van der Waals surface area contributed by atoms with E-state index in [0.29, 0.717) is 5.56 Å². The summed E-state index contributed by atoms with van der Waals surface area (Å²) in [5.41, 5.74) is 0.605. The second kappa shape index (κ2) is 6.61. The summed E-state index contributed by atoms with van der Waals surface area (Å²) in [5.74, 6) is -2.05. The molecule has 1 heterocycles. The zero-order valence-corrected chi connectivity index (χ0v) is 13.1. The summed E-state index contributed by atoms with van der Waals surface area (Å²) in [6.45, 7) is 3.50. The molecule has 0 N–H and O–H groups in total. The van der Waals surface area contributed by atoms with Gasteiger partial charge in [-0.05, 0) is 0 Å². The maximum absolute atomic E-state index is 12.4. The van der Waals surface area contributed by atoms with E-state index in [1.165, 1.54) is 24.3 Å². The van der Waals surface area contributed by atoms with Crippen molar-refractivity contribution in [2.24, 2.45) is 0 Å². The molecule has 1 aromatic heterocycles. The van der Waals surface area contributed by atoms with E-state index in [4.69, 9.17) is 0 Å². The lowest BCUT2D eigenvalue weighted by molar-refractivity contribution is -0.159. The lowest BCUT2D eigenvalue weighted by Gasteiger charge is -2.05. The van der Waals surface area contributed by atoms with E-state index in [1.54, 1.807) is 13.8 Å². The minimum Gasteiger partial charge on any atom is -0.329 e. The summed E-state index contributed by atoms with van der Waals surface area (Å²) in [6, 6.07) is 5.69. The highest BCUT2D eigenvalue weighted by molar-refractivity contribution is 7.86. The van der Waals surface area contributed by atoms with Crippen molar-refractivity contribution in [1.29, 1.82) is 0 Å². The number of rotatable bonds is 5. The van der Waals surface area contributed by atoms with E-state index in [0.717, 1.165) is 0 Å². The first-order valence-corrected chi connectivity index (χ1v) is 7.98. The number of hydrogen-bond donors (Lipinski definition) is 0. The topological polar surface area (TPSA) is 73.1 Å². The molecule has 0 aliphatic carbocycles. The van der Waals surface area contributed by atoms with E-state index >= 15 is 0 Å². The van der Waals surface area contributed by atoms with Gasteiger partial charge in [0.2, 0.25) is 5.82 Å². The molecule has 0 amide bonds. The summed E-state index contributed by atoms with van der Waals surface area (Å²) in [5, 5.41) is 3.13. The zero-order chi connectivity index (χ0) is 17.2. The van der Waals surface area contributed by atoms with Crippen LogP contribution >= 0.6 is 0 Å². The van der Waals surface area contributed by atoms with Crippen LogP contribution in [0.1, 0.15) is 30.1 Å². The average Bonchev–Trinajstić information content (AvgIpc) is 2.97.